The van der Waals surface area contributed by atoms with Crippen LogP contribution in [-0.2, 0) is 9.59 Å². The minimum absolute atomic E-state index is 0.269. The molecule has 0 aliphatic rings. The molecule has 5 N–H and O–H groups in total. The van der Waals surface area contributed by atoms with Gasteiger partial charge in [-0.3, -0.25) is 4.79 Å². The minimum Gasteiger partial charge on any atom is -0.480 e. The van der Waals surface area contributed by atoms with Crippen molar-refractivity contribution in [2.75, 3.05) is 5.32 Å². The van der Waals surface area contributed by atoms with Gasteiger partial charge in [0.1, 0.15) is 11.9 Å². The summed E-state index contributed by atoms with van der Waals surface area (Å²) in [5.41, 5.74) is 3.96. The molecule has 3 amide bonds. The third-order valence-electron chi connectivity index (χ3n) is 2.25. The van der Waals surface area contributed by atoms with Crippen LogP contribution in [0.5, 0.6) is 0 Å². The SMILES string of the molecule is NC(=O)C[C@H](NC(=O)Nc1cc(F)cc(F)c1F)C(=O)O. The number of nitrogens with one attached hydrogen (secondary N) is 2. The number of hydrogen-bond acceptors (Lipinski definition) is 3. The first-order valence-corrected chi connectivity index (χ1v) is 5.44. The van der Waals surface area contributed by atoms with Crippen molar-refractivity contribution in [3.05, 3.63) is 29.6 Å². The van der Waals surface area contributed by atoms with Gasteiger partial charge in [-0.05, 0) is 0 Å². The van der Waals surface area contributed by atoms with E-state index in [1.54, 1.807) is 10.6 Å². The van der Waals surface area contributed by atoms with E-state index < -0.39 is 53.5 Å². The first-order chi connectivity index (χ1) is 9.70. The molecule has 0 aromatic heterocycles. The summed E-state index contributed by atoms with van der Waals surface area (Å²) in [7, 11) is 0. The maximum Gasteiger partial charge on any atom is 0.326 e. The molecule has 0 aliphatic carbocycles. The quantitative estimate of drug-likeness (QED) is 0.593. The number of anilines is 1. The number of amides is 3. The summed E-state index contributed by atoms with van der Waals surface area (Å²) in [5, 5.41) is 12.3. The lowest BCUT2D eigenvalue weighted by molar-refractivity contribution is -0.140. The summed E-state index contributed by atoms with van der Waals surface area (Å²) in [5.74, 6) is -6.75. The number of rotatable bonds is 5. The highest BCUT2D eigenvalue weighted by molar-refractivity contribution is 5.93. The molecule has 0 spiro atoms. The molecule has 0 radical (unpaired) electrons. The number of urea groups is 1. The van der Waals surface area contributed by atoms with Crippen molar-refractivity contribution in [2.24, 2.45) is 5.73 Å². The van der Waals surface area contributed by atoms with Gasteiger partial charge in [-0.2, -0.15) is 0 Å². The minimum atomic E-state index is -1.66. The first kappa shape index (κ1) is 16.3. The fraction of sp³-hybridized carbons (Fsp3) is 0.182. The van der Waals surface area contributed by atoms with Gasteiger partial charge < -0.3 is 21.5 Å². The number of carbonyl (C=O) groups is 3. The second-order valence-corrected chi connectivity index (χ2v) is 3.91. The lowest BCUT2D eigenvalue weighted by atomic mass is 10.2. The highest BCUT2D eigenvalue weighted by Crippen LogP contribution is 2.18. The Balaban J connectivity index is 2.81. The van der Waals surface area contributed by atoms with E-state index in [1.165, 1.54) is 0 Å². The Bertz CT molecular complexity index is 594. The van der Waals surface area contributed by atoms with Crippen LogP contribution >= 0.6 is 0 Å². The molecule has 1 rings (SSSR count). The summed E-state index contributed by atoms with van der Waals surface area (Å²) < 4.78 is 39.1. The van der Waals surface area contributed by atoms with Gasteiger partial charge in [0, 0.05) is 12.1 Å². The molecule has 0 bridgehead atoms. The first-order valence-electron chi connectivity index (χ1n) is 5.44. The van der Waals surface area contributed by atoms with Crippen molar-refractivity contribution in [1.82, 2.24) is 5.32 Å². The number of carboxylic acid groups (broad SMARTS) is 1. The topological polar surface area (TPSA) is 122 Å². The molecule has 114 valence electrons. The number of carbonyl (C=O) groups excluding carboxylic acids is 2. The van der Waals surface area contributed by atoms with Crippen molar-refractivity contribution in [3.63, 3.8) is 0 Å². The molecule has 0 fully saturated rings. The molecule has 1 aromatic carbocycles. The van der Waals surface area contributed by atoms with Gasteiger partial charge in [0.25, 0.3) is 0 Å². The van der Waals surface area contributed by atoms with Crippen molar-refractivity contribution in [1.29, 1.82) is 0 Å². The van der Waals surface area contributed by atoms with Crippen molar-refractivity contribution in [2.45, 2.75) is 12.5 Å². The number of primary amides is 1. The van der Waals surface area contributed by atoms with Crippen molar-refractivity contribution >= 4 is 23.6 Å². The van der Waals surface area contributed by atoms with E-state index in [4.69, 9.17) is 10.8 Å². The molecule has 0 aliphatic heterocycles. The number of hydrogen-bond donors (Lipinski definition) is 4. The van der Waals surface area contributed by atoms with Crippen LogP contribution in [0.1, 0.15) is 6.42 Å². The largest absolute Gasteiger partial charge is 0.480 e. The number of aliphatic carboxylic acids is 1. The van der Waals surface area contributed by atoms with E-state index in [9.17, 15) is 27.6 Å². The van der Waals surface area contributed by atoms with Crippen LogP contribution in [0.15, 0.2) is 12.1 Å². The fourth-order valence-electron chi connectivity index (χ4n) is 1.36. The molecule has 0 unspecified atom stereocenters. The monoisotopic (exact) mass is 305 g/mol. The number of halogens is 3. The third-order valence-corrected chi connectivity index (χ3v) is 2.25. The van der Waals surface area contributed by atoms with Crippen molar-refractivity contribution < 1.29 is 32.7 Å². The second kappa shape index (κ2) is 6.59. The zero-order valence-corrected chi connectivity index (χ0v) is 10.3. The van der Waals surface area contributed by atoms with Crippen molar-refractivity contribution in [3.8, 4) is 0 Å². The summed E-state index contributed by atoms with van der Waals surface area (Å²) >= 11 is 0. The molecule has 0 saturated carbocycles. The Morgan fingerprint density at radius 2 is 1.86 bits per heavy atom. The van der Waals surface area contributed by atoms with E-state index in [1.807, 2.05) is 0 Å². The highest BCUT2D eigenvalue weighted by Gasteiger charge is 2.23. The van der Waals surface area contributed by atoms with Gasteiger partial charge in [-0.15, -0.1) is 0 Å². The lowest BCUT2D eigenvalue weighted by Crippen LogP contribution is -2.45. The van der Waals surface area contributed by atoms with Gasteiger partial charge >= 0.3 is 12.0 Å². The zero-order valence-electron chi connectivity index (χ0n) is 10.3. The molecule has 0 heterocycles. The third kappa shape index (κ3) is 4.67. The standard InChI is InChI=1S/C11H10F3N3O4/c12-4-1-5(13)9(14)6(2-4)16-11(21)17-7(10(19)20)3-8(15)18/h1-2,7H,3H2,(H2,15,18)(H,19,20)(H2,16,17,21)/t7-/m0/s1. The van der Waals surface area contributed by atoms with Crippen LogP contribution in [0.2, 0.25) is 0 Å². The number of nitrogens with two attached hydrogens (primary N) is 1. The Morgan fingerprint density at radius 3 is 2.38 bits per heavy atom. The molecule has 10 heteroatoms. The van der Waals surface area contributed by atoms with Gasteiger partial charge in [0.15, 0.2) is 11.6 Å². The number of benzene rings is 1. The zero-order chi connectivity index (χ0) is 16.2. The lowest BCUT2D eigenvalue weighted by Gasteiger charge is -2.14. The van der Waals surface area contributed by atoms with E-state index in [0.29, 0.717) is 6.07 Å². The van der Waals surface area contributed by atoms with Gasteiger partial charge in [-0.25, -0.2) is 22.8 Å². The second-order valence-electron chi connectivity index (χ2n) is 3.91. The predicted molar refractivity (Wildman–Crippen MR) is 63.7 cm³/mol. The van der Waals surface area contributed by atoms with E-state index >= 15 is 0 Å². The Labute approximate surface area is 115 Å². The highest BCUT2D eigenvalue weighted by atomic mass is 19.2. The van der Waals surface area contributed by atoms with Gasteiger partial charge in [-0.1, -0.05) is 0 Å². The Hall–Kier alpha value is -2.78. The van der Waals surface area contributed by atoms with Crippen LogP contribution in [0.4, 0.5) is 23.7 Å². The molecule has 1 atom stereocenters. The smallest absolute Gasteiger partial charge is 0.326 e. The molecule has 21 heavy (non-hydrogen) atoms. The summed E-state index contributed by atoms with van der Waals surface area (Å²) in [6, 6.07) is -2.16. The fourth-order valence-corrected chi connectivity index (χ4v) is 1.36. The molecule has 1 aromatic rings. The Morgan fingerprint density at radius 1 is 1.24 bits per heavy atom. The Kier molecular flexibility index (Phi) is 5.11. The van der Waals surface area contributed by atoms with E-state index in [0.717, 1.165) is 0 Å². The average Bonchev–Trinajstić information content (AvgIpc) is 2.33. The van der Waals surface area contributed by atoms with Gasteiger partial charge in [0.2, 0.25) is 5.91 Å². The molecule has 0 saturated heterocycles. The predicted octanol–water partition coefficient (Wildman–Crippen LogP) is 0.554. The summed E-state index contributed by atoms with van der Waals surface area (Å²) in [6.07, 6.45) is -0.706. The van der Waals surface area contributed by atoms with Crippen LogP contribution < -0.4 is 16.4 Å². The molecular formula is C11H10F3N3O4. The van der Waals surface area contributed by atoms with Crippen LogP contribution in [0, 0.1) is 17.5 Å². The summed E-state index contributed by atoms with van der Waals surface area (Å²) in [4.78, 5) is 32.8. The molecular weight excluding hydrogens is 295 g/mol. The van der Waals surface area contributed by atoms with Crippen LogP contribution in [0.25, 0.3) is 0 Å². The number of carboxylic acids is 1. The van der Waals surface area contributed by atoms with Gasteiger partial charge in [0.05, 0.1) is 12.1 Å². The normalized spacial score (nSPS) is 11.6. The van der Waals surface area contributed by atoms with E-state index in [-0.39, 0.29) is 6.07 Å². The summed E-state index contributed by atoms with van der Waals surface area (Å²) in [6.45, 7) is 0. The van der Waals surface area contributed by atoms with E-state index in [2.05, 4.69) is 0 Å². The maximum atomic E-state index is 13.3. The average molecular weight is 305 g/mol. The molecule has 7 nitrogen and oxygen atoms in total. The maximum absolute atomic E-state index is 13.3. The van der Waals surface area contributed by atoms with Crippen LogP contribution in [-0.4, -0.2) is 29.1 Å². The van der Waals surface area contributed by atoms with Crippen LogP contribution in [0.3, 0.4) is 0 Å².